The van der Waals surface area contributed by atoms with Crippen molar-refractivity contribution in [3.63, 3.8) is 0 Å². The molecule has 2 heteroatoms. The van der Waals surface area contributed by atoms with Gasteiger partial charge in [0.05, 0.1) is 5.60 Å². The molecule has 1 atom stereocenters. The number of rotatable bonds is 9. The van der Waals surface area contributed by atoms with E-state index in [9.17, 15) is 0 Å². The van der Waals surface area contributed by atoms with Gasteiger partial charge in [0.1, 0.15) is 0 Å². The first-order valence-corrected chi connectivity index (χ1v) is 7.40. The van der Waals surface area contributed by atoms with Crippen molar-refractivity contribution in [1.29, 1.82) is 0 Å². The number of hydrogen-bond donors (Lipinski definition) is 1. The molecule has 2 nitrogen and oxygen atoms in total. The van der Waals surface area contributed by atoms with Crippen LogP contribution >= 0.6 is 0 Å². The second-order valence-corrected chi connectivity index (χ2v) is 5.84. The van der Waals surface area contributed by atoms with E-state index in [1.807, 2.05) is 0 Å². The normalized spacial score (nSPS) is 13.5. The largest absolute Gasteiger partial charge is 0.379 e. The van der Waals surface area contributed by atoms with Gasteiger partial charge in [-0.1, -0.05) is 37.3 Å². The zero-order valence-corrected chi connectivity index (χ0v) is 12.9. The van der Waals surface area contributed by atoms with Crippen molar-refractivity contribution < 1.29 is 4.74 Å². The first kappa shape index (κ1) is 16.2. The Kier molecular flexibility index (Phi) is 7.11. The third-order valence-corrected chi connectivity index (χ3v) is 3.66. The van der Waals surface area contributed by atoms with Crippen LogP contribution in [0.4, 0.5) is 0 Å². The Morgan fingerprint density at radius 1 is 1.21 bits per heavy atom. The highest BCUT2D eigenvalue weighted by atomic mass is 16.5. The highest BCUT2D eigenvalue weighted by Gasteiger charge is 2.19. The van der Waals surface area contributed by atoms with Gasteiger partial charge in [-0.2, -0.15) is 0 Å². The van der Waals surface area contributed by atoms with Crippen LogP contribution in [0, 0.1) is 0 Å². The number of ether oxygens (including phenoxy) is 1. The van der Waals surface area contributed by atoms with Gasteiger partial charge in [0, 0.05) is 13.2 Å². The van der Waals surface area contributed by atoms with E-state index in [0.717, 1.165) is 25.8 Å². The predicted molar refractivity (Wildman–Crippen MR) is 82.5 cm³/mol. The van der Waals surface area contributed by atoms with Crippen molar-refractivity contribution in [2.75, 3.05) is 13.7 Å². The molecule has 0 aromatic heterocycles. The lowest BCUT2D eigenvalue weighted by Crippen LogP contribution is -2.34. The molecule has 0 saturated heterocycles. The van der Waals surface area contributed by atoms with Gasteiger partial charge in [-0.3, -0.25) is 0 Å². The van der Waals surface area contributed by atoms with E-state index < -0.39 is 0 Å². The summed E-state index contributed by atoms with van der Waals surface area (Å²) in [5.41, 5.74) is 1.38. The molecule has 19 heavy (non-hydrogen) atoms. The molecule has 0 aliphatic heterocycles. The van der Waals surface area contributed by atoms with Crippen LogP contribution in [0.3, 0.4) is 0 Å². The lowest BCUT2D eigenvalue weighted by Gasteiger charge is -2.26. The highest BCUT2D eigenvalue weighted by molar-refractivity contribution is 5.15. The predicted octanol–water partition coefficient (Wildman–Crippen LogP) is 3.80. The van der Waals surface area contributed by atoms with Gasteiger partial charge in [-0.05, 0) is 51.6 Å². The zero-order valence-electron chi connectivity index (χ0n) is 12.9. The molecule has 0 spiro atoms. The first-order valence-electron chi connectivity index (χ1n) is 7.40. The lowest BCUT2D eigenvalue weighted by atomic mass is 9.95. The molecule has 0 radical (unpaired) electrons. The maximum Gasteiger partial charge on any atom is 0.0623 e. The fraction of sp³-hybridized carbons (Fsp3) is 0.647. The Labute approximate surface area is 118 Å². The Balaban J connectivity index is 2.52. The summed E-state index contributed by atoms with van der Waals surface area (Å²) >= 11 is 0. The maximum absolute atomic E-state index is 5.51. The molecule has 1 aromatic carbocycles. The van der Waals surface area contributed by atoms with Crippen molar-refractivity contribution in [2.45, 2.75) is 58.1 Å². The molecule has 1 N–H and O–H groups in total. The first-order chi connectivity index (χ1) is 9.07. The van der Waals surface area contributed by atoms with Crippen LogP contribution in [-0.2, 0) is 11.2 Å². The molecule has 0 heterocycles. The Hall–Kier alpha value is -0.860. The van der Waals surface area contributed by atoms with Crippen LogP contribution in [0.15, 0.2) is 30.3 Å². The quantitative estimate of drug-likeness (QED) is 0.731. The Morgan fingerprint density at radius 2 is 1.89 bits per heavy atom. The SMILES string of the molecule is CCCNC(CCC(C)(C)OC)Cc1ccccc1. The van der Waals surface area contributed by atoms with Crippen molar-refractivity contribution in [2.24, 2.45) is 0 Å². The van der Waals surface area contributed by atoms with E-state index >= 15 is 0 Å². The summed E-state index contributed by atoms with van der Waals surface area (Å²) in [6.07, 6.45) is 4.51. The lowest BCUT2D eigenvalue weighted by molar-refractivity contribution is 0.0117. The molecule has 0 aliphatic rings. The summed E-state index contributed by atoms with van der Waals surface area (Å²) in [6, 6.07) is 11.3. The standard InChI is InChI=1S/C17H29NO/c1-5-13-18-16(11-12-17(2,3)19-4)14-15-9-7-6-8-10-15/h6-10,16,18H,5,11-14H2,1-4H3. The van der Waals surface area contributed by atoms with E-state index in [-0.39, 0.29) is 5.60 Å². The summed E-state index contributed by atoms with van der Waals surface area (Å²) in [5.74, 6) is 0. The van der Waals surface area contributed by atoms with E-state index in [1.165, 1.54) is 12.0 Å². The summed E-state index contributed by atoms with van der Waals surface area (Å²) in [4.78, 5) is 0. The summed E-state index contributed by atoms with van der Waals surface area (Å²) in [5, 5.41) is 3.66. The number of nitrogens with one attached hydrogen (secondary N) is 1. The Morgan fingerprint density at radius 3 is 2.47 bits per heavy atom. The minimum Gasteiger partial charge on any atom is -0.379 e. The zero-order chi connectivity index (χ0) is 14.1. The fourth-order valence-corrected chi connectivity index (χ4v) is 2.15. The van der Waals surface area contributed by atoms with E-state index in [4.69, 9.17) is 4.74 Å². The molecule has 0 bridgehead atoms. The number of methoxy groups -OCH3 is 1. The summed E-state index contributed by atoms with van der Waals surface area (Å²) in [7, 11) is 1.80. The van der Waals surface area contributed by atoms with Gasteiger partial charge in [0.25, 0.3) is 0 Å². The minimum absolute atomic E-state index is 0.0250. The number of benzene rings is 1. The Bertz CT molecular complexity index is 334. The molecule has 1 aromatic rings. The number of hydrogen-bond acceptors (Lipinski definition) is 2. The van der Waals surface area contributed by atoms with Crippen LogP contribution in [0.1, 0.15) is 45.6 Å². The molecule has 0 amide bonds. The van der Waals surface area contributed by atoms with Crippen molar-refractivity contribution >= 4 is 0 Å². The topological polar surface area (TPSA) is 21.3 Å². The average Bonchev–Trinajstić information content (AvgIpc) is 2.43. The molecule has 0 aliphatic carbocycles. The second-order valence-electron chi connectivity index (χ2n) is 5.84. The minimum atomic E-state index is -0.0250. The monoisotopic (exact) mass is 263 g/mol. The van der Waals surface area contributed by atoms with E-state index in [1.54, 1.807) is 7.11 Å². The van der Waals surface area contributed by atoms with Gasteiger partial charge in [0.2, 0.25) is 0 Å². The third-order valence-electron chi connectivity index (χ3n) is 3.66. The second kappa shape index (κ2) is 8.34. The molecule has 1 unspecified atom stereocenters. The molecule has 108 valence electrons. The molecular weight excluding hydrogens is 234 g/mol. The van der Waals surface area contributed by atoms with Gasteiger partial charge < -0.3 is 10.1 Å². The van der Waals surface area contributed by atoms with Crippen LogP contribution < -0.4 is 5.32 Å². The van der Waals surface area contributed by atoms with Crippen LogP contribution in [0.5, 0.6) is 0 Å². The van der Waals surface area contributed by atoms with Gasteiger partial charge in [0.15, 0.2) is 0 Å². The van der Waals surface area contributed by atoms with Crippen LogP contribution in [0.25, 0.3) is 0 Å². The molecular formula is C17H29NO. The summed E-state index contributed by atoms with van der Waals surface area (Å²) < 4.78 is 5.51. The van der Waals surface area contributed by atoms with Crippen molar-refractivity contribution in [1.82, 2.24) is 5.32 Å². The molecule has 0 saturated carbocycles. The van der Waals surface area contributed by atoms with Gasteiger partial charge in [-0.15, -0.1) is 0 Å². The maximum atomic E-state index is 5.51. The van der Waals surface area contributed by atoms with E-state index in [0.29, 0.717) is 6.04 Å². The van der Waals surface area contributed by atoms with Crippen molar-refractivity contribution in [3.05, 3.63) is 35.9 Å². The molecule has 0 fully saturated rings. The highest BCUT2D eigenvalue weighted by Crippen LogP contribution is 2.18. The van der Waals surface area contributed by atoms with Gasteiger partial charge in [-0.25, -0.2) is 0 Å². The smallest absolute Gasteiger partial charge is 0.0623 e. The third kappa shape index (κ3) is 6.74. The van der Waals surface area contributed by atoms with Crippen molar-refractivity contribution in [3.8, 4) is 0 Å². The van der Waals surface area contributed by atoms with Crippen LogP contribution in [-0.4, -0.2) is 25.3 Å². The van der Waals surface area contributed by atoms with Crippen LogP contribution in [0.2, 0.25) is 0 Å². The average molecular weight is 263 g/mol. The summed E-state index contributed by atoms with van der Waals surface area (Å²) in [6.45, 7) is 7.62. The van der Waals surface area contributed by atoms with E-state index in [2.05, 4.69) is 56.4 Å². The fourth-order valence-electron chi connectivity index (χ4n) is 2.15. The van der Waals surface area contributed by atoms with Gasteiger partial charge >= 0.3 is 0 Å². The molecule has 1 rings (SSSR count).